The standard InChI is InChI=1S/C26H33F2N9O2/c1-25(2)13-19(14-26(3,4)36(25)5)32-22-17(15-29)16-30-24(34-22)33-18-6-7-20(21(12-18)39-23(27)28)38-11-10-37-9-8-31-35-37/h6-9,12,16,19,23H,10-11,13-14H2,1-5H3,(H2,30,32,33,34). The summed E-state index contributed by atoms with van der Waals surface area (Å²) >= 11 is 0. The van der Waals surface area contributed by atoms with Crippen LogP contribution in [0.1, 0.15) is 46.1 Å². The average molecular weight is 542 g/mol. The van der Waals surface area contributed by atoms with Crippen molar-refractivity contribution in [2.24, 2.45) is 0 Å². The molecule has 1 aliphatic heterocycles. The lowest BCUT2D eigenvalue weighted by molar-refractivity contribution is -0.0514. The first kappa shape index (κ1) is 28.0. The van der Waals surface area contributed by atoms with Crippen molar-refractivity contribution in [3.8, 4) is 17.6 Å². The summed E-state index contributed by atoms with van der Waals surface area (Å²) in [5.41, 5.74) is 0.612. The third kappa shape index (κ3) is 6.88. The van der Waals surface area contributed by atoms with Gasteiger partial charge in [0.25, 0.3) is 0 Å². The largest absolute Gasteiger partial charge is 0.488 e. The van der Waals surface area contributed by atoms with Crippen LogP contribution in [0, 0.1) is 11.3 Å². The molecule has 208 valence electrons. The van der Waals surface area contributed by atoms with Gasteiger partial charge in [-0.2, -0.15) is 19.0 Å². The highest BCUT2D eigenvalue weighted by Crippen LogP contribution is 2.38. The van der Waals surface area contributed by atoms with E-state index in [1.807, 2.05) is 0 Å². The number of ether oxygens (including phenoxy) is 2. The molecule has 1 saturated heterocycles. The van der Waals surface area contributed by atoms with E-state index < -0.39 is 6.61 Å². The third-order valence-electron chi connectivity index (χ3n) is 7.02. The molecule has 11 nitrogen and oxygen atoms in total. The predicted molar refractivity (Wildman–Crippen MR) is 141 cm³/mol. The fourth-order valence-electron chi connectivity index (χ4n) is 4.92. The van der Waals surface area contributed by atoms with E-state index in [1.165, 1.54) is 24.5 Å². The van der Waals surface area contributed by atoms with Gasteiger partial charge < -0.3 is 20.1 Å². The molecule has 0 atom stereocenters. The van der Waals surface area contributed by atoms with Crippen LogP contribution < -0.4 is 20.1 Å². The van der Waals surface area contributed by atoms with Gasteiger partial charge in [-0.05, 0) is 59.7 Å². The Balaban J connectivity index is 1.50. The number of rotatable bonds is 10. The Morgan fingerprint density at radius 2 is 1.92 bits per heavy atom. The summed E-state index contributed by atoms with van der Waals surface area (Å²) in [5, 5.41) is 23.6. The van der Waals surface area contributed by atoms with Crippen LogP contribution in [0.3, 0.4) is 0 Å². The topological polar surface area (TPSA) is 126 Å². The highest BCUT2D eigenvalue weighted by Gasteiger charge is 2.43. The lowest BCUT2D eigenvalue weighted by Gasteiger charge is -2.53. The number of hydrogen-bond donors (Lipinski definition) is 2. The molecule has 2 N–H and O–H groups in total. The second-order valence-corrected chi connectivity index (χ2v) is 10.7. The van der Waals surface area contributed by atoms with Crippen LogP contribution in [-0.2, 0) is 6.54 Å². The molecule has 1 fully saturated rings. The minimum absolute atomic E-state index is 0.0550. The SMILES string of the molecule is CN1C(C)(C)CC(Nc2nc(Nc3ccc(OCCn4ccnn4)c(OC(F)F)c3)ncc2C#N)CC1(C)C. The second kappa shape index (κ2) is 11.4. The van der Waals surface area contributed by atoms with Crippen molar-refractivity contribution in [1.29, 1.82) is 5.26 Å². The van der Waals surface area contributed by atoms with E-state index in [-0.39, 0.29) is 41.2 Å². The molecule has 3 aromatic rings. The zero-order valence-corrected chi connectivity index (χ0v) is 22.7. The van der Waals surface area contributed by atoms with Crippen molar-refractivity contribution < 1.29 is 18.3 Å². The third-order valence-corrected chi connectivity index (χ3v) is 7.02. The fraction of sp³-hybridized carbons (Fsp3) is 0.500. The number of nitrogens with one attached hydrogen (secondary N) is 2. The van der Waals surface area contributed by atoms with Crippen LogP contribution in [0.2, 0.25) is 0 Å². The van der Waals surface area contributed by atoms with E-state index in [9.17, 15) is 14.0 Å². The van der Waals surface area contributed by atoms with Gasteiger partial charge in [-0.25, -0.2) is 9.67 Å². The number of benzene rings is 1. The smallest absolute Gasteiger partial charge is 0.387 e. The van der Waals surface area contributed by atoms with Gasteiger partial charge in [-0.1, -0.05) is 5.21 Å². The van der Waals surface area contributed by atoms with E-state index in [2.05, 4.69) is 81.4 Å². The highest BCUT2D eigenvalue weighted by atomic mass is 19.3. The molecular weight excluding hydrogens is 508 g/mol. The van der Waals surface area contributed by atoms with Crippen LogP contribution in [-0.4, -0.2) is 67.2 Å². The van der Waals surface area contributed by atoms with E-state index in [0.29, 0.717) is 23.6 Å². The van der Waals surface area contributed by atoms with Crippen molar-refractivity contribution in [2.45, 2.75) is 70.8 Å². The van der Waals surface area contributed by atoms with E-state index in [1.54, 1.807) is 16.9 Å². The predicted octanol–water partition coefficient (Wildman–Crippen LogP) is 4.43. The molecule has 4 rings (SSSR count). The van der Waals surface area contributed by atoms with Crippen molar-refractivity contribution in [3.05, 3.63) is 42.4 Å². The van der Waals surface area contributed by atoms with Gasteiger partial charge in [0.15, 0.2) is 11.5 Å². The Kier molecular flexibility index (Phi) is 8.15. The molecular formula is C26H33F2N9O2. The number of piperidine rings is 1. The van der Waals surface area contributed by atoms with Gasteiger partial charge in [0, 0.05) is 35.1 Å². The van der Waals surface area contributed by atoms with Gasteiger partial charge in [-0.15, -0.1) is 5.10 Å². The minimum Gasteiger partial charge on any atom is -0.488 e. The molecule has 3 heterocycles. The first-order chi connectivity index (χ1) is 18.5. The molecule has 0 unspecified atom stereocenters. The van der Waals surface area contributed by atoms with Crippen LogP contribution in [0.4, 0.5) is 26.2 Å². The summed E-state index contributed by atoms with van der Waals surface area (Å²) in [6.07, 6.45) is 6.35. The zero-order valence-electron chi connectivity index (χ0n) is 22.7. The molecule has 0 spiro atoms. The Hall–Kier alpha value is -4.05. The Morgan fingerprint density at radius 1 is 1.18 bits per heavy atom. The molecule has 39 heavy (non-hydrogen) atoms. The quantitative estimate of drug-likeness (QED) is 0.381. The molecule has 1 aliphatic rings. The lowest BCUT2D eigenvalue weighted by atomic mass is 9.77. The minimum atomic E-state index is -3.04. The lowest BCUT2D eigenvalue weighted by Crippen LogP contribution is -2.61. The molecule has 0 saturated carbocycles. The molecule has 13 heteroatoms. The number of anilines is 3. The molecule has 0 radical (unpaired) electrons. The Morgan fingerprint density at radius 3 is 2.56 bits per heavy atom. The Labute approximate surface area is 226 Å². The summed E-state index contributed by atoms with van der Waals surface area (Å²) in [7, 11) is 2.13. The van der Waals surface area contributed by atoms with Gasteiger partial charge in [-0.3, -0.25) is 4.90 Å². The maximum Gasteiger partial charge on any atom is 0.387 e. The van der Waals surface area contributed by atoms with Crippen molar-refractivity contribution in [1.82, 2.24) is 29.9 Å². The summed E-state index contributed by atoms with van der Waals surface area (Å²) < 4.78 is 38.1. The zero-order chi connectivity index (χ0) is 28.2. The number of halogens is 2. The summed E-state index contributed by atoms with van der Waals surface area (Å²) in [6.45, 7) is 6.30. The van der Waals surface area contributed by atoms with E-state index in [4.69, 9.17) is 4.74 Å². The number of hydrogen-bond acceptors (Lipinski definition) is 10. The Bertz CT molecular complexity index is 1290. The second-order valence-electron chi connectivity index (χ2n) is 10.7. The first-order valence-corrected chi connectivity index (χ1v) is 12.6. The maximum absolute atomic E-state index is 13.1. The van der Waals surface area contributed by atoms with E-state index >= 15 is 0 Å². The monoisotopic (exact) mass is 541 g/mol. The molecule has 0 aliphatic carbocycles. The van der Waals surface area contributed by atoms with Crippen LogP contribution in [0.15, 0.2) is 36.8 Å². The van der Waals surface area contributed by atoms with Crippen molar-refractivity contribution in [2.75, 3.05) is 24.3 Å². The number of nitrogens with zero attached hydrogens (tertiary/aromatic N) is 7. The molecule has 0 amide bonds. The van der Waals surface area contributed by atoms with Gasteiger partial charge >= 0.3 is 6.61 Å². The normalized spacial score (nSPS) is 17.0. The van der Waals surface area contributed by atoms with Crippen LogP contribution in [0.5, 0.6) is 11.5 Å². The summed E-state index contributed by atoms with van der Waals surface area (Å²) in [5.74, 6) is 0.618. The fourth-order valence-corrected chi connectivity index (χ4v) is 4.92. The number of aromatic nitrogens is 5. The summed E-state index contributed by atoms with van der Waals surface area (Å²) in [6, 6.07) is 6.76. The van der Waals surface area contributed by atoms with Crippen LogP contribution in [0.25, 0.3) is 0 Å². The van der Waals surface area contributed by atoms with Crippen LogP contribution >= 0.6 is 0 Å². The van der Waals surface area contributed by atoms with Gasteiger partial charge in [0.1, 0.15) is 24.1 Å². The maximum atomic E-state index is 13.1. The highest BCUT2D eigenvalue weighted by molar-refractivity contribution is 5.62. The van der Waals surface area contributed by atoms with Gasteiger partial charge in [0.05, 0.1) is 18.9 Å². The number of likely N-dealkylation sites (tertiary alicyclic amines) is 1. The van der Waals surface area contributed by atoms with Gasteiger partial charge in [0.2, 0.25) is 5.95 Å². The average Bonchev–Trinajstić information content (AvgIpc) is 3.37. The molecule has 0 bridgehead atoms. The first-order valence-electron chi connectivity index (χ1n) is 12.6. The van der Waals surface area contributed by atoms with Crippen molar-refractivity contribution in [3.63, 3.8) is 0 Å². The summed E-state index contributed by atoms with van der Waals surface area (Å²) in [4.78, 5) is 11.1. The molecule has 2 aromatic heterocycles. The number of alkyl halides is 2. The van der Waals surface area contributed by atoms with E-state index in [0.717, 1.165) is 12.8 Å². The number of nitriles is 1. The molecule has 1 aromatic carbocycles. The van der Waals surface area contributed by atoms with Crippen molar-refractivity contribution >= 4 is 17.5 Å².